The average Bonchev–Trinajstić information content (AvgIpc) is 1.99. The number of nitrogens with one attached hydrogen (secondary N) is 1. The molecule has 2 N–H and O–H groups in total. The number of rotatable bonds is 1. The molecule has 0 radical (unpaired) electrons. The van der Waals surface area contributed by atoms with Crippen LogP contribution in [0.15, 0.2) is 4.99 Å². The molecule has 1 rings (SSSR count). The number of alkyl halides is 1. The highest BCUT2D eigenvalue weighted by Crippen LogP contribution is 2.03. The van der Waals surface area contributed by atoms with Crippen LogP contribution in [0, 0.1) is 0 Å². The minimum atomic E-state index is -1.26. The van der Waals surface area contributed by atoms with E-state index in [1.165, 1.54) is 0 Å². The van der Waals surface area contributed by atoms with Crippen LogP contribution in [-0.4, -0.2) is 34.7 Å². The van der Waals surface area contributed by atoms with Gasteiger partial charge in [-0.15, -0.1) is 11.6 Å². The van der Waals surface area contributed by atoms with Gasteiger partial charge in [-0.2, -0.15) is 4.99 Å². The van der Waals surface area contributed by atoms with E-state index in [-0.39, 0.29) is 5.84 Å². The van der Waals surface area contributed by atoms with Crippen molar-refractivity contribution in [2.24, 2.45) is 4.99 Å². The van der Waals surface area contributed by atoms with Crippen molar-refractivity contribution in [1.82, 2.24) is 5.32 Å². The molecule has 1 atom stereocenters. The lowest BCUT2D eigenvalue weighted by atomic mass is 10.3. The van der Waals surface area contributed by atoms with Crippen LogP contribution in [0.3, 0.4) is 0 Å². The number of aliphatic imine (C=N–C) groups is 1. The van der Waals surface area contributed by atoms with E-state index >= 15 is 0 Å². The summed E-state index contributed by atoms with van der Waals surface area (Å²) in [4.78, 5) is 24.7. The van der Waals surface area contributed by atoms with Crippen LogP contribution in [0.2, 0.25) is 0 Å². The maximum Gasteiger partial charge on any atom is 0.275 e. The molecule has 5 nitrogen and oxygen atoms in total. The number of carbonyl (C=O) groups excluding carboxylic acids is 2. The second-order valence-electron chi connectivity index (χ2n) is 1.91. The Morgan fingerprint density at radius 1 is 1.64 bits per heavy atom. The summed E-state index contributed by atoms with van der Waals surface area (Å²) < 4.78 is 0. The summed E-state index contributed by atoms with van der Waals surface area (Å²) in [5.41, 5.74) is 0. The molecule has 60 valence electrons. The van der Waals surface area contributed by atoms with Crippen LogP contribution < -0.4 is 5.32 Å². The van der Waals surface area contributed by atoms with Crippen LogP contribution in [0.1, 0.15) is 0 Å². The number of hydrogen-bond donors (Lipinski definition) is 2. The van der Waals surface area contributed by atoms with Gasteiger partial charge < -0.3 is 10.4 Å². The monoisotopic (exact) mass is 176 g/mol. The Kier molecular flexibility index (Phi) is 2.21. The summed E-state index contributed by atoms with van der Waals surface area (Å²) in [6.45, 7) is -0.471. The highest BCUT2D eigenvalue weighted by Gasteiger charge is 2.29. The Hall–Kier alpha value is -0.940. The molecule has 0 spiro atoms. The van der Waals surface area contributed by atoms with E-state index in [9.17, 15) is 9.59 Å². The molecule has 0 fully saturated rings. The van der Waals surface area contributed by atoms with Gasteiger partial charge in [0.15, 0.2) is 5.38 Å². The van der Waals surface area contributed by atoms with E-state index in [0.717, 1.165) is 0 Å². The summed E-state index contributed by atoms with van der Waals surface area (Å²) in [5.74, 6) is -1.44. The van der Waals surface area contributed by atoms with Crippen molar-refractivity contribution in [3.63, 3.8) is 0 Å². The van der Waals surface area contributed by atoms with Crippen LogP contribution in [-0.2, 0) is 9.59 Å². The molecular weight excluding hydrogens is 172 g/mol. The molecule has 11 heavy (non-hydrogen) atoms. The van der Waals surface area contributed by atoms with E-state index in [2.05, 4.69) is 10.3 Å². The van der Waals surface area contributed by atoms with Gasteiger partial charge in [0.2, 0.25) is 0 Å². The Labute approximate surface area is 67.1 Å². The summed E-state index contributed by atoms with van der Waals surface area (Å²) in [6, 6.07) is 0. The lowest BCUT2D eigenvalue weighted by Crippen LogP contribution is -2.46. The average molecular weight is 177 g/mol. The van der Waals surface area contributed by atoms with Crippen molar-refractivity contribution in [3.05, 3.63) is 0 Å². The van der Waals surface area contributed by atoms with Gasteiger partial charge in [0.1, 0.15) is 12.4 Å². The van der Waals surface area contributed by atoms with E-state index < -0.39 is 23.8 Å². The van der Waals surface area contributed by atoms with Gasteiger partial charge in [-0.25, -0.2) is 0 Å². The van der Waals surface area contributed by atoms with Crippen LogP contribution >= 0.6 is 11.6 Å². The van der Waals surface area contributed by atoms with Gasteiger partial charge in [0, 0.05) is 0 Å². The van der Waals surface area contributed by atoms with Gasteiger partial charge in [-0.1, -0.05) is 0 Å². The van der Waals surface area contributed by atoms with E-state index in [4.69, 9.17) is 16.7 Å². The third-order valence-electron chi connectivity index (χ3n) is 1.11. The van der Waals surface area contributed by atoms with E-state index in [0.29, 0.717) is 0 Å². The maximum absolute atomic E-state index is 10.7. The molecule has 0 aromatic rings. The number of halogens is 1. The Balaban J connectivity index is 2.85. The lowest BCUT2D eigenvalue weighted by Gasteiger charge is -2.13. The molecule has 2 amide bonds. The second kappa shape index (κ2) is 2.98. The zero-order valence-electron chi connectivity index (χ0n) is 5.37. The topological polar surface area (TPSA) is 78.8 Å². The minimum absolute atomic E-state index is 0.0584. The first-order valence-corrected chi connectivity index (χ1v) is 3.26. The van der Waals surface area contributed by atoms with Gasteiger partial charge in [-0.05, 0) is 0 Å². The number of amides is 2. The third kappa shape index (κ3) is 1.55. The number of amidine groups is 1. The number of aliphatic hydroxyl groups excluding tert-OH is 1. The van der Waals surface area contributed by atoms with Gasteiger partial charge >= 0.3 is 0 Å². The Bertz CT molecular complexity index is 238. The third-order valence-corrected chi connectivity index (χ3v) is 1.49. The molecule has 6 heteroatoms. The zero-order valence-corrected chi connectivity index (χ0v) is 6.13. The van der Waals surface area contributed by atoms with Crippen molar-refractivity contribution < 1.29 is 14.7 Å². The van der Waals surface area contributed by atoms with E-state index in [1.807, 2.05) is 0 Å². The molecule has 0 bridgehead atoms. The van der Waals surface area contributed by atoms with Crippen molar-refractivity contribution in [3.8, 4) is 0 Å². The molecule has 0 aromatic heterocycles. The second-order valence-corrected chi connectivity index (χ2v) is 2.34. The van der Waals surface area contributed by atoms with Crippen LogP contribution in [0.25, 0.3) is 0 Å². The summed E-state index contributed by atoms with van der Waals surface area (Å²) in [6.07, 6.45) is 0. The summed E-state index contributed by atoms with van der Waals surface area (Å²) >= 11 is 5.29. The van der Waals surface area contributed by atoms with Gasteiger partial charge in [0.05, 0.1) is 0 Å². The summed E-state index contributed by atoms with van der Waals surface area (Å²) in [5, 5.41) is 9.37. The number of hydrogen-bond acceptors (Lipinski definition) is 3. The SMILES string of the molecule is O=C1N=C(CO)NC(=O)C1Cl. The molecular formula is C5H5ClN2O3. The fourth-order valence-corrected chi connectivity index (χ4v) is 0.714. The largest absolute Gasteiger partial charge is 0.388 e. The molecule has 0 aromatic carbocycles. The molecule has 0 aliphatic carbocycles. The Morgan fingerprint density at radius 3 is 2.73 bits per heavy atom. The Morgan fingerprint density at radius 2 is 2.27 bits per heavy atom. The molecule has 1 unspecified atom stereocenters. The molecule has 1 aliphatic heterocycles. The molecule has 0 saturated heterocycles. The molecule has 1 aliphatic rings. The highest BCUT2D eigenvalue weighted by molar-refractivity contribution is 6.44. The number of nitrogens with zero attached hydrogens (tertiary/aromatic N) is 1. The first kappa shape index (κ1) is 8.16. The number of aliphatic hydroxyl groups is 1. The van der Waals surface area contributed by atoms with Crippen LogP contribution in [0.5, 0.6) is 0 Å². The maximum atomic E-state index is 10.7. The predicted molar refractivity (Wildman–Crippen MR) is 37.3 cm³/mol. The van der Waals surface area contributed by atoms with Crippen LogP contribution in [0.4, 0.5) is 0 Å². The zero-order chi connectivity index (χ0) is 8.43. The summed E-state index contributed by atoms with van der Waals surface area (Å²) in [7, 11) is 0. The van der Waals surface area contributed by atoms with E-state index in [1.54, 1.807) is 0 Å². The normalized spacial score (nSPS) is 24.5. The van der Waals surface area contributed by atoms with Crippen molar-refractivity contribution in [2.45, 2.75) is 5.38 Å². The van der Waals surface area contributed by atoms with Gasteiger partial charge in [0.25, 0.3) is 11.8 Å². The lowest BCUT2D eigenvalue weighted by molar-refractivity contribution is -0.127. The smallest absolute Gasteiger partial charge is 0.275 e. The van der Waals surface area contributed by atoms with Crippen molar-refractivity contribution in [2.75, 3.05) is 6.61 Å². The van der Waals surface area contributed by atoms with Crippen molar-refractivity contribution in [1.29, 1.82) is 0 Å². The first-order chi connectivity index (χ1) is 5.15. The first-order valence-electron chi connectivity index (χ1n) is 2.82. The fraction of sp³-hybridized carbons (Fsp3) is 0.400. The molecule has 1 heterocycles. The van der Waals surface area contributed by atoms with Gasteiger partial charge in [-0.3, -0.25) is 9.59 Å². The fourth-order valence-electron chi connectivity index (χ4n) is 0.610. The number of carbonyl (C=O) groups is 2. The predicted octanol–water partition coefficient (Wildman–Crippen LogP) is -1.36. The highest BCUT2D eigenvalue weighted by atomic mass is 35.5. The van der Waals surface area contributed by atoms with Crippen molar-refractivity contribution >= 4 is 29.3 Å². The quantitative estimate of drug-likeness (QED) is 0.383. The molecule has 0 saturated carbocycles. The minimum Gasteiger partial charge on any atom is -0.388 e. The standard InChI is InChI=1S/C5H5ClN2O3/c6-3-4(10)7-2(1-9)8-5(3)11/h3,9H,1H2,(H,7,8,10,11).